The molecule has 1 aliphatic carbocycles. The number of piperidine rings is 1. The third-order valence-electron chi connectivity index (χ3n) is 8.34. The Bertz CT molecular complexity index is 722. The SMILES string of the molecule is CC(=O)[C@H]1CC[C@H](N2CCC(c3cnc(N4C5CCC4CN(C)C5)nc3)CC2)CC1. The summed E-state index contributed by atoms with van der Waals surface area (Å²) in [4.78, 5) is 28.9. The Balaban J connectivity index is 1.15. The summed E-state index contributed by atoms with van der Waals surface area (Å²) in [6.07, 6.45) is 13.7. The molecule has 1 aromatic rings. The molecular formula is C24H37N5O. The lowest BCUT2D eigenvalue weighted by atomic mass is 9.82. The van der Waals surface area contributed by atoms with Gasteiger partial charge in [0, 0.05) is 49.5 Å². The van der Waals surface area contributed by atoms with Crippen LogP contribution in [0.4, 0.5) is 5.95 Å². The number of nitrogens with zero attached hydrogens (tertiary/aromatic N) is 5. The number of carbonyl (C=O) groups is 1. The normalized spacial score (nSPS) is 33.7. The maximum atomic E-state index is 11.6. The standard InChI is InChI=1S/C24H37N5O/c1-17(30)18-3-5-21(6-4-18)28-11-9-19(10-12-28)20-13-25-24(26-14-20)29-22-7-8-23(29)16-27(2)15-22/h13-14,18-19,21-23H,3-12,15-16H2,1-2H3/t18-,21-,22?,23?. The van der Waals surface area contributed by atoms with Gasteiger partial charge in [-0.15, -0.1) is 0 Å². The minimum Gasteiger partial charge on any atom is -0.332 e. The van der Waals surface area contributed by atoms with Crippen LogP contribution in [0.1, 0.15) is 69.8 Å². The van der Waals surface area contributed by atoms with Crippen molar-refractivity contribution >= 4 is 11.7 Å². The van der Waals surface area contributed by atoms with Crippen LogP contribution in [0.25, 0.3) is 0 Å². The lowest BCUT2D eigenvalue weighted by Gasteiger charge is -2.41. The molecule has 1 aromatic heterocycles. The number of carbonyl (C=O) groups excluding carboxylic acids is 1. The van der Waals surface area contributed by atoms with Crippen LogP contribution < -0.4 is 4.90 Å². The molecule has 0 N–H and O–H groups in total. The first-order chi connectivity index (χ1) is 14.6. The van der Waals surface area contributed by atoms with Gasteiger partial charge in [0.15, 0.2) is 0 Å². The Kier molecular flexibility index (Phi) is 5.80. The van der Waals surface area contributed by atoms with E-state index in [9.17, 15) is 4.79 Å². The van der Waals surface area contributed by atoms with Crippen molar-refractivity contribution < 1.29 is 4.79 Å². The van der Waals surface area contributed by atoms with Crippen LogP contribution in [0, 0.1) is 5.92 Å². The van der Waals surface area contributed by atoms with Crippen molar-refractivity contribution in [2.75, 3.05) is 38.1 Å². The molecule has 5 rings (SSSR count). The number of likely N-dealkylation sites (tertiary alicyclic amines) is 2. The maximum absolute atomic E-state index is 11.6. The fourth-order valence-electron chi connectivity index (χ4n) is 6.56. The highest BCUT2D eigenvalue weighted by Crippen LogP contribution is 2.35. The number of anilines is 1. The third-order valence-corrected chi connectivity index (χ3v) is 8.34. The Morgan fingerprint density at radius 2 is 1.43 bits per heavy atom. The topological polar surface area (TPSA) is 52.6 Å². The average Bonchev–Trinajstić information content (AvgIpc) is 3.05. The van der Waals surface area contributed by atoms with E-state index >= 15 is 0 Å². The molecule has 30 heavy (non-hydrogen) atoms. The number of piperazine rings is 1. The number of likely N-dealkylation sites (N-methyl/N-ethyl adjacent to an activating group) is 1. The highest BCUT2D eigenvalue weighted by atomic mass is 16.1. The van der Waals surface area contributed by atoms with E-state index in [1.165, 1.54) is 57.2 Å². The summed E-state index contributed by atoms with van der Waals surface area (Å²) in [5.41, 5.74) is 1.32. The van der Waals surface area contributed by atoms with Gasteiger partial charge in [-0.1, -0.05) is 0 Å². The minimum absolute atomic E-state index is 0.324. The first-order valence-electron chi connectivity index (χ1n) is 12.1. The highest BCUT2D eigenvalue weighted by Gasteiger charge is 2.40. The molecule has 1 saturated carbocycles. The van der Waals surface area contributed by atoms with Gasteiger partial charge in [-0.05, 0) is 89.9 Å². The molecule has 2 atom stereocenters. The molecule has 0 aromatic carbocycles. The summed E-state index contributed by atoms with van der Waals surface area (Å²) in [6.45, 7) is 6.37. The number of aromatic nitrogens is 2. The zero-order valence-electron chi connectivity index (χ0n) is 18.7. The molecule has 0 radical (unpaired) electrons. The fourth-order valence-corrected chi connectivity index (χ4v) is 6.56. The Hall–Kier alpha value is -1.53. The summed E-state index contributed by atoms with van der Waals surface area (Å²) >= 11 is 0. The van der Waals surface area contributed by atoms with Gasteiger partial charge >= 0.3 is 0 Å². The summed E-state index contributed by atoms with van der Waals surface area (Å²) in [5, 5.41) is 0. The molecule has 164 valence electrons. The summed E-state index contributed by atoms with van der Waals surface area (Å²) in [6, 6.07) is 1.86. The molecule has 4 heterocycles. The van der Waals surface area contributed by atoms with E-state index in [0.717, 1.165) is 31.9 Å². The predicted octanol–water partition coefficient (Wildman–Crippen LogP) is 3.09. The molecule has 6 nitrogen and oxygen atoms in total. The fraction of sp³-hybridized carbons (Fsp3) is 0.792. The Morgan fingerprint density at radius 1 is 0.867 bits per heavy atom. The Morgan fingerprint density at radius 3 is 2.00 bits per heavy atom. The highest BCUT2D eigenvalue weighted by molar-refractivity contribution is 5.78. The number of ketones is 1. The quantitative estimate of drug-likeness (QED) is 0.759. The summed E-state index contributed by atoms with van der Waals surface area (Å²) in [7, 11) is 2.23. The molecule has 0 amide bonds. The number of rotatable bonds is 4. The minimum atomic E-state index is 0.324. The number of hydrogen-bond acceptors (Lipinski definition) is 6. The predicted molar refractivity (Wildman–Crippen MR) is 119 cm³/mol. The molecule has 6 heteroatoms. The molecule has 4 aliphatic rings. The molecule has 4 fully saturated rings. The van der Waals surface area contributed by atoms with Crippen LogP contribution in [-0.4, -0.2) is 76.9 Å². The van der Waals surface area contributed by atoms with Crippen molar-refractivity contribution in [3.63, 3.8) is 0 Å². The van der Waals surface area contributed by atoms with Crippen molar-refractivity contribution in [2.45, 2.75) is 82.3 Å². The average molecular weight is 412 g/mol. The van der Waals surface area contributed by atoms with E-state index < -0.39 is 0 Å². The smallest absolute Gasteiger partial charge is 0.225 e. The molecule has 3 aliphatic heterocycles. The second-order valence-electron chi connectivity index (χ2n) is 10.3. The van der Waals surface area contributed by atoms with Crippen molar-refractivity contribution in [2.24, 2.45) is 5.92 Å². The Labute approximate surface area is 181 Å². The molecule has 2 bridgehead atoms. The van der Waals surface area contributed by atoms with Crippen LogP contribution in [0.15, 0.2) is 12.4 Å². The van der Waals surface area contributed by atoms with E-state index in [1.807, 2.05) is 0 Å². The first-order valence-corrected chi connectivity index (χ1v) is 12.1. The van der Waals surface area contributed by atoms with Gasteiger partial charge in [0.1, 0.15) is 5.78 Å². The van der Waals surface area contributed by atoms with E-state index in [1.54, 1.807) is 6.92 Å². The second kappa shape index (κ2) is 8.54. The van der Waals surface area contributed by atoms with Gasteiger partial charge in [-0.25, -0.2) is 9.97 Å². The van der Waals surface area contributed by atoms with E-state index in [-0.39, 0.29) is 0 Å². The van der Waals surface area contributed by atoms with Crippen LogP contribution in [0.5, 0.6) is 0 Å². The molecular weight excluding hydrogens is 374 g/mol. The first kappa shape index (κ1) is 20.4. The van der Waals surface area contributed by atoms with Crippen molar-refractivity contribution in [1.82, 2.24) is 19.8 Å². The van der Waals surface area contributed by atoms with Crippen LogP contribution >= 0.6 is 0 Å². The van der Waals surface area contributed by atoms with E-state index in [4.69, 9.17) is 9.97 Å². The molecule has 0 spiro atoms. The van der Waals surface area contributed by atoms with Gasteiger partial charge < -0.3 is 14.7 Å². The van der Waals surface area contributed by atoms with Crippen molar-refractivity contribution in [3.05, 3.63) is 18.0 Å². The lowest BCUT2D eigenvalue weighted by molar-refractivity contribution is -0.122. The van der Waals surface area contributed by atoms with Crippen LogP contribution in [0.2, 0.25) is 0 Å². The van der Waals surface area contributed by atoms with Crippen LogP contribution in [-0.2, 0) is 4.79 Å². The summed E-state index contributed by atoms with van der Waals surface area (Å²) in [5.74, 6) is 2.25. The third kappa shape index (κ3) is 4.01. The van der Waals surface area contributed by atoms with Gasteiger partial charge in [-0.3, -0.25) is 4.79 Å². The number of Topliss-reactive ketones (excluding diaryl/α,β-unsaturated/α-hetero) is 1. The maximum Gasteiger partial charge on any atom is 0.225 e. The van der Waals surface area contributed by atoms with Gasteiger partial charge in [-0.2, -0.15) is 0 Å². The summed E-state index contributed by atoms with van der Waals surface area (Å²) < 4.78 is 0. The van der Waals surface area contributed by atoms with E-state index in [2.05, 4.69) is 34.1 Å². The zero-order chi connectivity index (χ0) is 20.7. The van der Waals surface area contributed by atoms with Gasteiger partial charge in [0.2, 0.25) is 5.95 Å². The largest absolute Gasteiger partial charge is 0.332 e. The van der Waals surface area contributed by atoms with Crippen LogP contribution in [0.3, 0.4) is 0 Å². The second-order valence-corrected chi connectivity index (χ2v) is 10.3. The monoisotopic (exact) mass is 411 g/mol. The number of hydrogen-bond donors (Lipinski definition) is 0. The van der Waals surface area contributed by atoms with Gasteiger partial charge in [0.05, 0.1) is 0 Å². The van der Waals surface area contributed by atoms with Gasteiger partial charge in [0.25, 0.3) is 0 Å². The molecule has 2 unspecified atom stereocenters. The van der Waals surface area contributed by atoms with Crippen molar-refractivity contribution in [3.8, 4) is 0 Å². The molecule has 3 saturated heterocycles. The zero-order valence-corrected chi connectivity index (χ0v) is 18.7. The van der Waals surface area contributed by atoms with Crippen molar-refractivity contribution in [1.29, 1.82) is 0 Å². The van der Waals surface area contributed by atoms with E-state index in [0.29, 0.717) is 35.7 Å². The number of fused-ring (bicyclic) bond motifs is 2. The lowest BCUT2D eigenvalue weighted by Crippen LogP contribution is -2.53.